The molecule has 6 unspecified atom stereocenters. The lowest BCUT2D eigenvalue weighted by Gasteiger charge is -2.76. The van der Waals surface area contributed by atoms with Crippen LogP contribution in [0.3, 0.4) is 0 Å². The fourth-order valence-electron chi connectivity index (χ4n) is 6.49. The largest absolute Gasteiger partial charge is 0.632 e. The van der Waals surface area contributed by atoms with Crippen molar-refractivity contribution in [2.24, 2.45) is 11.8 Å². The van der Waals surface area contributed by atoms with Crippen LogP contribution in [0.1, 0.15) is 51.9 Å². The Kier molecular flexibility index (Phi) is 2.61. The Bertz CT molecular complexity index is 507. The van der Waals surface area contributed by atoms with Crippen molar-refractivity contribution in [1.82, 2.24) is 0 Å². The molecule has 2 aliphatic heterocycles. The number of ketones is 1. The average molecular weight is 295 g/mol. The Morgan fingerprint density at radius 3 is 2.62 bits per heavy atom. The molecule has 0 radical (unpaired) electrons. The molecule has 0 amide bonds. The molecule has 1 spiro atoms. The van der Waals surface area contributed by atoms with E-state index >= 15 is 0 Å². The number of quaternary nitrogens is 1. The van der Waals surface area contributed by atoms with Crippen molar-refractivity contribution < 1.29 is 19.7 Å². The molecule has 2 saturated carbocycles. The van der Waals surface area contributed by atoms with Gasteiger partial charge in [0.2, 0.25) is 0 Å². The standard InChI is InChI=1S/C16H25NO4/c1-11-8-12-9-13(18)15(20)5-3-7-17(21)6-2-4-14(12,19)16(15,17)10-11/h11-12,19-20H,2-10H2,1H3. The van der Waals surface area contributed by atoms with E-state index in [0.717, 1.165) is 6.42 Å². The molecular weight excluding hydrogens is 270 g/mol. The zero-order valence-corrected chi connectivity index (χ0v) is 12.7. The second-order valence-corrected chi connectivity index (χ2v) is 8.06. The van der Waals surface area contributed by atoms with E-state index in [1.807, 2.05) is 0 Å². The van der Waals surface area contributed by atoms with Crippen LogP contribution in [0, 0.1) is 17.0 Å². The third-order valence-electron chi connectivity index (χ3n) is 7.13. The van der Waals surface area contributed by atoms with Gasteiger partial charge in [0.15, 0.2) is 16.9 Å². The minimum atomic E-state index is -1.62. The van der Waals surface area contributed by atoms with Crippen LogP contribution < -0.4 is 0 Å². The van der Waals surface area contributed by atoms with Gasteiger partial charge in [0.1, 0.15) is 5.60 Å². The van der Waals surface area contributed by atoms with Crippen LogP contribution in [-0.2, 0) is 4.79 Å². The maximum Gasteiger partial charge on any atom is 0.181 e. The molecule has 0 aromatic rings. The van der Waals surface area contributed by atoms with E-state index in [1.54, 1.807) is 0 Å². The number of Topliss-reactive ketones (excluding diaryl/α,β-unsaturated/α-hetero) is 1. The van der Waals surface area contributed by atoms with E-state index < -0.39 is 21.4 Å². The number of hydrogen-bond donors (Lipinski definition) is 2. The second kappa shape index (κ2) is 3.88. The average Bonchev–Trinajstić information content (AvgIpc) is 2.38. The first kappa shape index (κ1) is 14.1. The van der Waals surface area contributed by atoms with Gasteiger partial charge >= 0.3 is 0 Å². The summed E-state index contributed by atoms with van der Waals surface area (Å²) in [6.45, 7) is 2.94. The van der Waals surface area contributed by atoms with Crippen molar-refractivity contribution in [2.45, 2.75) is 68.6 Å². The molecule has 2 heterocycles. The summed E-state index contributed by atoms with van der Waals surface area (Å²) in [5, 5.41) is 36.4. The van der Waals surface area contributed by atoms with Crippen molar-refractivity contribution in [3.05, 3.63) is 5.21 Å². The Morgan fingerprint density at radius 2 is 1.90 bits per heavy atom. The van der Waals surface area contributed by atoms with Gasteiger partial charge in [0.25, 0.3) is 0 Å². The lowest BCUT2D eigenvalue weighted by Crippen LogP contribution is -2.91. The third-order valence-corrected chi connectivity index (χ3v) is 7.13. The first-order valence-electron chi connectivity index (χ1n) is 8.35. The van der Waals surface area contributed by atoms with Crippen LogP contribution >= 0.6 is 0 Å². The number of aliphatic hydroxyl groups is 2. The van der Waals surface area contributed by atoms with Gasteiger partial charge in [-0.2, -0.15) is 0 Å². The zero-order valence-electron chi connectivity index (χ0n) is 12.7. The number of hydrogen-bond acceptors (Lipinski definition) is 4. The molecule has 2 saturated heterocycles. The van der Waals surface area contributed by atoms with Crippen molar-refractivity contribution in [3.63, 3.8) is 0 Å². The lowest BCUT2D eigenvalue weighted by molar-refractivity contribution is -0.964. The number of carbonyl (C=O) groups excluding carboxylic acids is 1. The van der Waals surface area contributed by atoms with Gasteiger partial charge in [-0.3, -0.25) is 4.79 Å². The van der Waals surface area contributed by atoms with E-state index in [-0.39, 0.29) is 24.0 Å². The van der Waals surface area contributed by atoms with Crippen LogP contribution in [0.15, 0.2) is 0 Å². The highest BCUT2D eigenvalue weighted by Gasteiger charge is 2.81. The Morgan fingerprint density at radius 1 is 1.24 bits per heavy atom. The number of nitrogens with zero attached hydrogens (tertiary/aromatic N) is 1. The molecular formula is C16H25NO4. The zero-order chi connectivity index (χ0) is 15.1. The summed E-state index contributed by atoms with van der Waals surface area (Å²) in [4.78, 5) is 12.7. The molecule has 0 aromatic heterocycles. The third kappa shape index (κ3) is 1.31. The molecule has 2 aliphatic carbocycles. The topological polar surface area (TPSA) is 80.6 Å². The maximum atomic E-state index is 13.6. The fourth-order valence-corrected chi connectivity index (χ4v) is 6.49. The van der Waals surface area contributed by atoms with Crippen molar-refractivity contribution in [3.8, 4) is 0 Å². The number of carbonyl (C=O) groups is 1. The molecule has 0 aromatic carbocycles. The minimum Gasteiger partial charge on any atom is -0.632 e. The molecule has 2 N–H and O–H groups in total. The monoisotopic (exact) mass is 295 g/mol. The van der Waals surface area contributed by atoms with Crippen LogP contribution in [-0.4, -0.2) is 50.5 Å². The molecule has 4 rings (SSSR count). The molecule has 4 aliphatic rings. The maximum absolute atomic E-state index is 13.6. The molecule has 5 nitrogen and oxygen atoms in total. The van der Waals surface area contributed by atoms with E-state index in [9.17, 15) is 20.2 Å². The quantitative estimate of drug-likeness (QED) is 0.518. The van der Waals surface area contributed by atoms with Gasteiger partial charge in [-0.25, -0.2) is 0 Å². The van der Waals surface area contributed by atoms with Gasteiger partial charge in [0.05, 0.1) is 13.1 Å². The molecule has 5 heteroatoms. The van der Waals surface area contributed by atoms with E-state index in [2.05, 4.69) is 6.92 Å². The molecule has 118 valence electrons. The predicted molar refractivity (Wildman–Crippen MR) is 76.0 cm³/mol. The van der Waals surface area contributed by atoms with Crippen LogP contribution in [0.4, 0.5) is 0 Å². The summed E-state index contributed by atoms with van der Waals surface area (Å²) in [6.07, 6.45) is 3.67. The summed E-state index contributed by atoms with van der Waals surface area (Å²) in [7, 11) is 0. The normalized spacial score (nSPS) is 59.5. The van der Waals surface area contributed by atoms with Gasteiger partial charge in [0, 0.05) is 25.2 Å². The van der Waals surface area contributed by atoms with Crippen LogP contribution in [0.2, 0.25) is 0 Å². The summed E-state index contributed by atoms with van der Waals surface area (Å²) in [6, 6.07) is 0. The summed E-state index contributed by atoms with van der Waals surface area (Å²) >= 11 is 0. The lowest BCUT2D eigenvalue weighted by atomic mass is 9.44. The highest BCUT2D eigenvalue weighted by Crippen LogP contribution is 2.65. The van der Waals surface area contributed by atoms with E-state index in [0.29, 0.717) is 45.2 Å². The first-order chi connectivity index (χ1) is 9.79. The summed E-state index contributed by atoms with van der Waals surface area (Å²) < 4.78 is -0.549. The molecule has 4 fully saturated rings. The first-order valence-corrected chi connectivity index (χ1v) is 8.35. The second-order valence-electron chi connectivity index (χ2n) is 8.06. The molecule has 21 heavy (non-hydrogen) atoms. The van der Waals surface area contributed by atoms with Gasteiger partial charge in [-0.05, 0) is 31.6 Å². The van der Waals surface area contributed by atoms with Gasteiger partial charge in [-0.1, -0.05) is 6.92 Å². The fraction of sp³-hybridized carbons (Fsp3) is 0.938. The van der Waals surface area contributed by atoms with Crippen molar-refractivity contribution >= 4 is 5.78 Å². The summed E-state index contributed by atoms with van der Waals surface area (Å²) in [5.41, 5.74) is -4.00. The van der Waals surface area contributed by atoms with Gasteiger partial charge < -0.3 is 20.1 Å². The van der Waals surface area contributed by atoms with Crippen molar-refractivity contribution in [2.75, 3.05) is 13.1 Å². The Hall–Kier alpha value is -0.490. The highest BCUT2D eigenvalue weighted by molar-refractivity contribution is 5.91. The highest BCUT2D eigenvalue weighted by atomic mass is 16.6. The Labute approximate surface area is 125 Å². The van der Waals surface area contributed by atoms with Gasteiger partial charge in [-0.15, -0.1) is 0 Å². The number of hydroxylamine groups is 3. The van der Waals surface area contributed by atoms with E-state index in [4.69, 9.17) is 0 Å². The smallest absolute Gasteiger partial charge is 0.181 e. The SMILES string of the molecule is CC1CC2CC(=O)C3(O)CCC[N+]4([O-])CCCC2(O)C34C1. The minimum absolute atomic E-state index is 0.154. The van der Waals surface area contributed by atoms with Crippen molar-refractivity contribution in [1.29, 1.82) is 0 Å². The number of rotatable bonds is 0. The summed E-state index contributed by atoms with van der Waals surface area (Å²) in [5.74, 6) is -0.0690. The van der Waals surface area contributed by atoms with E-state index in [1.165, 1.54) is 0 Å². The molecule has 2 bridgehead atoms. The number of piperidine rings is 2. The molecule has 6 atom stereocenters. The van der Waals surface area contributed by atoms with Crippen LogP contribution in [0.5, 0.6) is 0 Å². The predicted octanol–water partition coefficient (Wildman–Crippen LogP) is 1.11. The Balaban J connectivity index is 2.00. The van der Waals surface area contributed by atoms with Crippen LogP contribution in [0.25, 0.3) is 0 Å².